The first-order valence-corrected chi connectivity index (χ1v) is 6.14. The predicted molar refractivity (Wildman–Crippen MR) is 72.3 cm³/mol. The fraction of sp³-hybridized carbons (Fsp3) is 0.833. The highest BCUT2D eigenvalue weighted by Crippen LogP contribution is 2.17. The van der Waals surface area contributed by atoms with Crippen LogP contribution in [0.15, 0.2) is 0 Å². The van der Waals surface area contributed by atoms with Gasteiger partial charge in [-0.25, -0.2) is 0 Å². The molecule has 0 aromatic heterocycles. The number of hydrogen-bond donors (Lipinski definition) is 1. The molecule has 2 N–H and O–H groups in total. The Hall–Kier alpha value is -0.640. The molecule has 1 atom stereocenters. The second kappa shape index (κ2) is 6.18. The zero-order valence-corrected chi connectivity index (χ0v) is 11.9. The maximum absolute atomic E-state index is 12.1. The second-order valence-electron chi connectivity index (χ2n) is 5.50. The fourth-order valence-corrected chi connectivity index (χ4v) is 1.95. The first-order chi connectivity index (χ1) is 7.19. The first-order valence-electron chi connectivity index (χ1n) is 5.73. The van der Waals surface area contributed by atoms with E-state index in [1.807, 2.05) is 14.0 Å². The summed E-state index contributed by atoms with van der Waals surface area (Å²) >= 11 is 4.95. The van der Waals surface area contributed by atoms with Crippen molar-refractivity contribution in [1.82, 2.24) is 4.90 Å². The summed E-state index contributed by atoms with van der Waals surface area (Å²) in [6, 6.07) is 0. The summed E-state index contributed by atoms with van der Waals surface area (Å²) in [4.78, 5) is 14.2. The van der Waals surface area contributed by atoms with Gasteiger partial charge in [0.05, 0.1) is 10.9 Å². The van der Waals surface area contributed by atoms with E-state index in [0.717, 1.165) is 12.8 Å². The van der Waals surface area contributed by atoms with Gasteiger partial charge in [-0.2, -0.15) is 0 Å². The van der Waals surface area contributed by atoms with E-state index in [2.05, 4.69) is 20.8 Å². The van der Waals surface area contributed by atoms with Gasteiger partial charge in [-0.1, -0.05) is 46.3 Å². The van der Waals surface area contributed by atoms with Gasteiger partial charge < -0.3 is 10.6 Å². The number of carbonyl (C=O) groups is 1. The van der Waals surface area contributed by atoms with Crippen molar-refractivity contribution < 1.29 is 4.79 Å². The molecule has 0 bridgehead atoms. The Balaban J connectivity index is 4.55. The number of amides is 1. The molecule has 1 amide bonds. The molecule has 4 heteroatoms. The summed E-state index contributed by atoms with van der Waals surface area (Å²) in [7, 11) is 1.81. The van der Waals surface area contributed by atoms with Gasteiger partial charge in [0.15, 0.2) is 0 Å². The van der Waals surface area contributed by atoms with Gasteiger partial charge in [-0.05, 0) is 11.8 Å². The number of nitrogens with two attached hydrogens (primary N) is 1. The van der Waals surface area contributed by atoms with Crippen LogP contribution in [0.3, 0.4) is 0 Å². The van der Waals surface area contributed by atoms with Crippen LogP contribution in [0, 0.1) is 11.3 Å². The molecule has 3 nitrogen and oxygen atoms in total. The lowest BCUT2D eigenvalue weighted by molar-refractivity contribution is -0.133. The molecular formula is C12H24N2OS. The minimum absolute atomic E-state index is 0.0456. The van der Waals surface area contributed by atoms with Crippen LogP contribution in [0.5, 0.6) is 0 Å². The highest BCUT2D eigenvalue weighted by atomic mass is 32.1. The van der Waals surface area contributed by atoms with Crippen LogP contribution in [0.25, 0.3) is 0 Å². The Morgan fingerprint density at radius 2 is 1.94 bits per heavy atom. The van der Waals surface area contributed by atoms with E-state index in [1.54, 1.807) is 4.90 Å². The second-order valence-corrected chi connectivity index (χ2v) is 5.97. The van der Waals surface area contributed by atoms with Crippen molar-refractivity contribution in [2.75, 3.05) is 13.6 Å². The van der Waals surface area contributed by atoms with Crippen molar-refractivity contribution in [3.63, 3.8) is 0 Å². The highest BCUT2D eigenvalue weighted by molar-refractivity contribution is 7.80. The van der Waals surface area contributed by atoms with Gasteiger partial charge in [-0.15, -0.1) is 0 Å². The predicted octanol–water partition coefficient (Wildman–Crippen LogP) is 2.19. The molecule has 0 aliphatic carbocycles. The van der Waals surface area contributed by atoms with Gasteiger partial charge in [0.2, 0.25) is 5.91 Å². The number of rotatable bonds is 5. The largest absolute Gasteiger partial charge is 0.393 e. The fourth-order valence-electron chi connectivity index (χ4n) is 1.73. The first kappa shape index (κ1) is 15.4. The SMILES string of the molecule is CCCC(C(=O)N(C)CC(C)(C)C)C(N)=S. The van der Waals surface area contributed by atoms with E-state index in [1.165, 1.54) is 0 Å². The average Bonchev–Trinajstić information content (AvgIpc) is 2.09. The molecule has 0 rings (SSSR count). The minimum Gasteiger partial charge on any atom is -0.393 e. The molecule has 0 heterocycles. The van der Waals surface area contributed by atoms with Crippen molar-refractivity contribution in [2.24, 2.45) is 17.1 Å². The summed E-state index contributed by atoms with van der Waals surface area (Å²) in [5, 5.41) is 0. The van der Waals surface area contributed by atoms with Crippen molar-refractivity contribution in [2.45, 2.75) is 40.5 Å². The third kappa shape index (κ3) is 5.45. The summed E-state index contributed by atoms with van der Waals surface area (Å²) in [6.07, 6.45) is 1.65. The summed E-state index contributed by atoms with van der Waals surface area (Å²) in [5.41, 5.74) is 5.70. The maximum atomic E-state index is 12.1. The lowest BCUT2D eigenvalue weighted by Gasteiger charge is -2.29. The molecule has 0 radical (unpaired) electrons. The van der Waals surface area contributed by atoms with Crippen molar-refractivity contribution in [3.8, 4) is 0 Å². The molecule has 0 aliphatic heterocycles. The topological polar surface area (TPSA) is 46.3 Å². The average molecular weight is 244 g/mol. The van der Waals surface area contributed by atoms with Gasteiger partial charge >= 0.3 is 0 Å². The van der Waals surface area contributed by atoms with E-state index >= 15 is 0 Å². The van der Waals surface area contributed by atoms with E-state index in [0.29, 0.717) is 11.5 Å². The molecule has 94 valence electrons. The Kier molecular flexibility index (Phi) is 5.94. The molecule has 0 saturated heterocycles. The molecule has 0 aromatic carbocycles. The molecule has 0 fully saturated rings. The maximum Gasteiger partial charge on any atom is 0.232 e. The third-order valence-corrected chi connectivity index (χ3v) is 2.59. The molecule has 0 aromatic rings. The Bertz CT molecular complexity index is 258. The molecule has 0 aliphatic rings. The van der Waals surface area contributed by atoms with Gasteiger partial charge in [0.25, 0.3) is 0 Å². The summed E-state index contributed by atoms with van der Waals surface area (Å²) in [6.45, 7) is 9.06. The van der Waals surface area contributed by atoms with Crippen molar-refractivity contribution >= 4 is 23.1 Å². The monoisotopic (exact) mass is 244 g/mol. The molecule has 0 spiro atoms. The van der Waals surface area contributed by atoms with E-state index in [9.17, 15) is 4.79 Å². The van der Waals surface area contributed by atoms with Crippen LogP contribution >= 0.6 is 12.2 Å². The van der Waals surface area contributed by atoms with Crippen LogP contribution < -0.4 is 5.73 Å². The van der Waals surface area contributed by atoms with Crippen LogP contribution in [0.4, 0.5) is 0 Å². The minimum atomic E-state index is -0.299. The van der Waals surface area contributed by atoms with Gasteiger partial charge in [-0.3, -0.25) is 4.79 Å². The molecular weight excluding hydrogens is 220 g/mol. The van der Waals surface area contributed by atoms with Crippen molar-refractivity contribution in [3.05, 3.63) is 0 Å². The van der Waals surface area contributed by atoms with Gasteiger partial charge in [0, 0.05) is 13.6 Å². The zero-order valence-electron chi connectivity index (χ0n) is 11.0. The Morgan fingerprint density at radius 1 is 1.44 bits per heavy atom. The summed E-state index contributed by atoms with van der Waals surface area (Å²) in [5.74, 6) is -0.253. The van der Waals surface area contributed by atoms with E-state index < -0.39 is 0 Å². The Labute approximate surface area is 104 Å². The van der Waals surface area contributed by atoms with Crippen LogP contribution in [0.2, 0.25) is 0 Å². The lowest BCUT2D eigenvalue weighted by Crippen LogP contribution is -2.42. The van der Waals surface area contributed by atoms with Crippen LogP contribution in [-0.4, -0.2) is 29.4 Å². The highest BCUT2D eigenvalue weighted by Gasteiger charge is 2.26. The molecule has 16 heavy (non-hydrogen) atoms. The van der Waals surface area contributed by atoms with Crippen LogP contribution in [0.1, 0.15) is 40.5 Å². The van der Waals surface area contributed by atoms with Crippen molar-refractivity contribution in [1.29, 1.82) is 0 Å². The van der Waals surface area contributed by atoms with E-state index in [-0.39, 0.29) is 17.2 Å². The number of thiocarbonyl (C=S) groups is 1. The lowest BCUT2D eigenvalue weighted by atomic mass is 9.95. The number of nitrogens with zero attached hydrogens (tertiary/aromatic N) is 1. The normalized spacial score (nSPS) is 13.3. The van der Waals surface area contributed by atoms with Crippen LogP contribution in [-0.2, 0) is 4.79 Å². The third-order valence-electron chi connectivity index (χ3n) is 2.31. The smallest absolute Gasteiger partial charge is 0.232 e. The Morgan fingerprint density at radius 3 is 2.25 bits per heavy atom. The molecule has 0 saturated carbocycles. The zero-order chi connectivity index (χ0) is 12.9. The quantitative estimate of drug-likeness (QED) is 0.754. The number of hydrogen-bond acceptors (Lipinski definition) is 2. The van der Waals surface area contributed by atoms with Gasteiger partial charge in [0.1, 0.15) is 0 Å². The number of carbonyl (C=O) groups excluding carboxylic acids is 1. The van der Waals surface area contributed by atoms with E-state index in [4.69, 9.17) is 18.0 Å². The molecule has 1 unspecified atom stereocenters. The standard InChI is InChI=1S/C12H24N2OS/c1-6-7-9(10(13)16)11(15)14(5)8-12(2,3)4/h9H,6-8H2,1-5H3,(H2,13,16). The summed E-state index contributed by atoms with van der Waals surface area (Å²) < 4.78 is 0.